The average molecular weight is 200 g/mol. The molecule has 68 valence electrons. The van der Waals surface area contributed by atoms with E-state index in [1.807, 2.05) is 11.4 Å². The van der Waals surface area contributed by atoms with Crippen molar-refractivity contribution in [3.8, 4) is 0 Å². The summed E-state index contributed by atoms with van der Waals surface area (Å²) in [4.78, 5) is 0. The van der Waals surface area contributed by atoms with E-state index in [1.54, 1.807) is 14.2 Å². The molecule has 12 heavy (non-hydrogen) atoms. The van der Waals surface area contributed by atoms with Gasteiger partial charge in [0, 0.05) is 14.2 Å². The van der Waals surface area contributed by atoms with Crippen LogP contribution in [0, 0.1) is 0 Å². The number of rotatable bonds is 4. The minimum absolute atomic E-state index is 1.10. The van der Waals surface area contributed by atoms with Crippen molar-refractivity contribution < 1.29 is 8.85 Å². The van der Waals surface area contributed by atoms with E-state index in [4.69, 9.17) is 8.85 Å². The van der Waals surface area contributed by atoms with Crippen LogP contribution in [0.1, 0.15) is 0 Å². The first-order valence-electron chi connectivity index (χ1n) is 4.03. The fourth-order valence-electron chi connectivity index (χ4n) is 1.71. The Morgan fingerprint density at radius 2 is 1.33 bits per heavy atom. The van der Waals surface area contributed by atoms with Crippen LogP contribution in [0.15, 0.2) is 24.6 Å². The van der Waals surface area contributed by atoms with E-state index in [0.29, 0.717) is 0 Å². The third-order valence-corrected chi connectivity index (χ3v) is 15.4. The highest BCUT2D eigenvalue weighted by Gasteiger charge is 2.57. The molecule has 0 unspecified atom stereocenters. The molecule has 0 atom stereocenters. The van der Waals surface area contributed by atoms with E-state index in [2.05, 4.69) is 13.2 Å². The Morgan fingerprint density at radius 1 is 1.00 bits per heavy atom. The van der Waals surface area contributed by atoms with Crippen molar-refractivity contribution in [3.05, 3.63) is 24.6 Å². The lowest BCUT2D eigenvalue weighted by Gasteiger charge is -2.47. The summed E-state index contributed by atoms with van der Waals surface area (Å²) in [5.74, 6) is 0. The topological polar surface area (TPSA) is 18.5 Å². The molecule has 1 heterocycles. The molecule has 0 aromatic heterocycles. The second-order valence-electron chi connectivity index (χ2n) is 3.30. The first-order chi connectivity index (χ1) is 5.66. The van der Waals surface area contributed by atoms with Gasteiger partial charge in [0.1, 0.15) is 0 Å². The molecule has 0 aromatic carbocycles. The lowest BCUT2D eigenvalue weighted by atomic mass is 11.3. The maximum Gasteiger partial charge on any atom is 0.215 e. The van der Waals surface area contributed by atoms with Gasteiger partial charge >= 0.3 is 0 Å². The van der Waals surface area contributed by atoms with E-state index < -0.39 is 16.6 Å². The summed E-state index contributed by atoms with van der Waals surface area (Å²) in [6.45, 7) is 7.66. The summed E-state index contributed by atoms with van der Waals surface area (Å²) < 4.78 is 11.0. The summed E-state index contributed by atoms with van der Waals surface area (Å²) in [6, 6.07) is 0. The molecular weight excluding hydrogens is 184 g/mol. The highest BCUT2D eigenvalue weighted by atomic mass is 28.5. The lowest BCUT2D eigenvalue weighted by molar-refractivity contribution is 0.367. The molecule has 4 heteroatoms. The molecule has 0 spiro atoms. The Labute approximate surface area is 76.1 Å². The standard InChI is InChI=1S/C8H16O2Si2/c1-5-11(9-3)7-12(6-2,8-11)10-4/h5-6H,1-2,7-8H2,3-4H3. The Balaban J connectivity index is 2.64. The van der Waals surface area contributed by atoms with Crippen LogP contribution < -0.4 is 0 Å². The van der Waals surface area contributed by atoms with Crippen molar-refractivity contribution in [2.24, 2.45) is 0 Å². The van der Waals surface area contributed by atoms with Gasteiger partial charge in [-0.1, -0.05) is 11.4 Å². The van der Waals surface area contributed by atoms with Gasteiger partial charge < -0.3 is 8.85 Å². The van der Waals surface area contributed by atoms with Crippen LogP contribution in [0.25, 0.3) is 0 Å². The van der Waals surface area contributed by atoms with E-state index in [0.717, 1.165) is 11.3 Å². The van der Waals surface area contributed by atoms with E-state index >= 15 is 0 Å². The fourth-order valence-corrected chi connectivity index (χ4v) is 14.3. The van der Waals surface area contributed by atoms with Gasteiger partial charge in [0.15, 0.2) is 0 Å². The van der Waals surface area contributed by atoms with Gasteiger partial charge in [-0.25, -0.2) is 0 Å². The molecule has 0 N–H and O–H groups in total. The van der Waals surface area contributed by atoms with Crippen LogP contribution in [0.2, 0.25) is 11.3 Å². The van der Waals surface area contributed by atoms with Gasteiger partial charge in [0.2, 0.25) is 16.6 Å². The Hall–Kier alpha value is -0.166. The van der Waals surface area contributed by atoms with Gasteiger partial charge in [0.25, 0.3) is 0 Å². The molecule has 1 aliphatic rings. The molecule has 0 saturated carbocycles. The quantitative estimate of drug-likeness (QED) is 0.643. The second kappa shape index (κ2) is 3.29. The molecule has 1 saturated heterocycles. The monoisotopic (exact) mass is 200 g/mol. The first-order valence-corrected chi connectivity index (χ1v) is 8.83. The fraction of sp³-hybridized carbons (Fsp3) is 0.500. The molecule has 0 radical (unpaired) electrons. The van der Waals surface area contributed by atoms with Crippen LogP contribution in [0.3, 0.4) is 0 Å². The van der Waals surface area contributed by atoms with Crippen LogP contribution in [-0.4, -0.2) is 30.9 Å². The summed E-state index contributed by atoms with van der Waals surface area (Å²) in [7, 11) is 0.488. The van der Waals surface area contributed by atoms with Crippen LogP contribution in [0.4, 0.5) is 0 Å². The van der Waals surface area contributed by atoms with E-state index in [-0.39, 0.29) is 0 Å². The summed E-state index contributed by atoms with van der Waals surface area (Å²) in [6.07, 6.45) is 0. The molecule has 2 nitrogen and oxygen atoms in total. The Bertz CT molecular complexity index is 177. The van der Waals surface area contributed by atoms with Crippen molar-refractivity contribution in [2.75, 3.05) is 14.2 Å². The van der Waals surface area contributed by atoms with E-state index in [9.17, 15) is 0 Å². The molecule has 0 aliphatic carbocycles. The minimum atomic E-state index is -1.54. The van der Waals surface area contributed by atoms with Crippen LogP contribution in [0.5, 0.6) is 0 Å². The van der Waals surface area contributed by atoms with Crippen LogP contribution >= 0.6 is 0 Å². The molecule has 1 rings (SSSR count). The summed E-state index contributed by atoms with van der Waals surface area (Å²) in [5.41, 5.74) is 6.22. The van der Waals surface area contributed by atoms with Gasteiger partial charge in [-0.15, -0.1) is 13.2 Å². The average Bonchev–Trinajstić information content (AvgIpc) is 2.07. The Morgan fingerprint density at radius 3 is 1.50 bits per heavy atom. The third kappa shape index (κ3) is 1.35. The first kappa shape index (κ1) is 9.92. The zero-order valence-electron chi connectivity index (χ0n) is 7.80. The molecule has 0 aromatic rings. The van der Waals surface area contributed by atoms with Crippen molar-refractivity contribution in [2.45, 2.75) is 11.3 Å². The number of hydrogen-bond donors (Lipinski definition) is 0. The van der Waals surface area contributed by atoms with Crippen molar-refractivity contribution in [1.29, 1.82) is 0 Å². The molecule has 0 bridgehead atoms. The van der Waals surface area contributed by atoms with Gasteiger partial charge in [-0.2, -0.15) is 0 Å². The van der Waals surface area contributed by atoms with E-state index in [1.165, 1.54) is 0 Å². The normalized spacial score (nSPS) is 40.2. The zero-order valence-corrected chi connectivity index (χ0v) is 9.80. The second-order valence-corrected chi connectivity index (χ2v) is 12.0. The van der Waals surface area contributed by atoms with Gasteiger partial charge in [-0.3, -0.25) is 0 Å². The molecule has 1 aliphatic heterocycles. The van der Waals surface area contributed by atoms with Gasteiger partial charge in [0.05, 0.1) is 0 Å². The third-order valence-electron chi connectivity index (χ3n) is 2.75. The molecule has 1 fully saturated rings. The zero-order chi connectivity index (χ0) is 9.24. The largest absolute Gasteiger partial charge is 0.416 e. The SMILES string of the molecule is C=C[Si]1(OC)C[Si](C=C)(OC)C1. The number of hydrogen-bond acceptors (Lipinski definition) is 2. The molecule has 0 amide bonds. The maximum atomic E-state index is 5.51. The summed E-state index contributed by atoms with van der Waals surface area (Å²) >= 11 is 0. The predicted molar refractivity (Wildman–Crippen MR) is 55.5 cm³/mol. The highest BCUT2D eigenvalue weighted by Crippen LogP contribution is 2.42. The van der Waals surface area contributed by atoms with Crippen LogP contribution in [-0.2, 0) is 8.85 Å². The van der Waals surface area contributed by atoms with Crippen molar-refractivity contribution in [1.82, 2.24) is 0 Å². The minimum Gasteiger partial charge on any atom is -0.416 e. The lowest BCUT2D eigenvalue weighted by Crippen LogP contribution is -2.63. The molecular formula is C8H16O2Si2. The van der Waals surface area contributed by atoms with Crippen molar-refractivity contribution in [3.63, 3.8) is 0 Å². The highest BCUT2D eigenvalue weighted by molar-refractivity contribution is 7.12. The maximum absolute atomic E-state index is 5.51. The smallest absolute Gasteiger partial charge is 0.215 e. The summed E-state index contributed by atoms with van der Waals surface area (Å²) in [5, 5.41) is 0. The predicted octanol–water partition coefficient (Wildman–Crippen LogP) is 1.71. The Kier molecular flexibility index (Phi) is 2.72. The van der Waals surface area contributed by atoms with Crippen molar-refractivity contribution >= 4 is 16.6 Å². The van der Waals surface area contributed by atoms with Gasteiger partial charge in [-0.05, 0) is 11.3 Å².